The SMILES string of the molecule is NC(=O)[O-].NC(=O)[O-].[Li+].[Li+]. The van der Waals surface area contributed by atoms with Crippen molar-refractivity contribution in [2.24, 2.45) is 11.5 Å². The van der Waals surface area contributed by atoms with Crippen molar-refractivity contribution in [3.63, 3.8) is 0 Å². The Balaban J connectivity index is -0.0000000300. The first kappa shape index (κ1) is 22.6. The second kappa shape index (κ2) is 15.9. The Hall–Kier alpha value is -0.265. The number of nitrogens with two attached hydrogens (primary N) is 2. The molecule has 0 aliphatic heterocycles. The Morgan fingerprint density at radius 3 is 0.900 bits per heavy atom. The molecule has 48 valence electrons. The Bertz CT molecular complexity index is 77.3. The molecule has 0 saturated carbocycles. The summed E-state index contributed by atoms with van der Waals surface area (Å²) in [5.74, 6) is 0. The van der Waals surface area contributed by atoms with Crippen LogP contribution in [0.25, 0.3) is 0 Å². The van der Waals surface area contributed by atoms with Crippen LogP contribution < -0.4 is 59.4 Å². The molecule has 0 saturated heterocycles. The molecule has 0 aliphatic carbocycles. The van der Waals surface area contributed by atoms with E-state index in [-0.39, 0.29) is 37.7 Å². The van der Waals surface area contributed by atoms with Gasteiger partial charge in [-0.15, -0.1) is 0 Å². The average molecular weight is 134 g/mol. The van der Waals surface area contributed by atoms with E-state index in [0.717, 1.165) is 0 Å². The van der Waals surface area contributed by atoms with Crippen molar-refractivity contribution in [2.75, 3.05) is 0 Å². The quantitative estimate of drug-likeness (QED) is 0.318. The van der Waals surface area contributed by atoms with Gasteiger partial charge in [-0.25, -0.2) is 0 Å². The number of carbonyl (C=O) groups is 2. The summed E-state index contributed by atoms with van der Waals surface area (Å²) in [6.45, 7) is 0. The minimum absolute atomic E-state index is 0. The maximum atomic E-state index is 8.67. The summed E-state index contributed by atoms with van der Waals surface area (Å²) in [4.78, 5) is 17.3. The van der Waals surface area contributed by atoms with E-state index >= 15 is 0 Å². The maximum absolute atomic E-state index is 8.67. The van der Waals surface area contributed by atoms with E-state index < -0.39 is 12.2 Å². The zero-order valence-corrected chi connectivity index (χ0v) is 5.79. The molecule has 0 fully saturated rings. The number of hydrogen-bond donors (Lipinski definition) is 2. The van der Waals surface area contributed by atoms with Crippen molar-refractivity contribution in [1.29, 1.82) is 0 Å². The number of primary amides is 2. The van der Waals surface area contributed by atoms with Crippen LogP contribution in [0.5, 0.6) is 0 Å². The van der Waals surface area contributed by atoms with Crippen molar-refractivity contribution in [3.8, 4) is 0 Å². The largest absolute Gasteiger partial charge is 1.00 e. The summed E-state index contributed by atoms with van der Waals surface area (Å²) < 4.78 is 0. The molecular formula is C2H4Li2N2O4. The topological polar surface area (TPSA) is 132 Å². The number of carboxylic acid groups (broad SMARTS) is 2. The monoisotopic (exact) mass is 134 g/mol. The van der Waals surface area contributed by atoms with Gasteiger partial charge in [-0.3, -0.25) is 0 Å². The second-order valence-corrected chi connectivity index (χ2v) is 0.638. The van der Waals surface area contributed by atoms with Crippen LogP contribution in [0.4, 0.5) is 9.59 Å². The van der Waals surface area contributed by atoms with Crippen molar-refractivity contribution < 1.29 is 57.5 Å². The fourth-order valence-corrected chi connectivity index (χ4v) is 0. The molecule has 0 bridgehead atoms. The van der Waals surface area contributed by atoms with Crippen molar-refractivity contribution >= 4 is 12.2 Å². The maximum Gasteiger partial charge on any atom is 1.00 e. The predicted molar refractivity (Wildman–Crippen MR) is 19.2 cm³/mol. The first-order valence-electron chi connectivity index (χ1n) is 1.39. The van der Waals surface area contributed by atoms with Gasteiger partial charge in [0, 0.05) is 0 Å². The van der Waals surface area contributed by atoms with Crippen LogP contribution in [-0.4, -0.2) is 12.2 Å². The molecule has 8 heteroatoms. The number of hydrogen-bond acceptors (Lipinski definition) is 4. The molecule has 0 atom stereocenters. The van der Waals surface area contributed by atoms with Gasteiger partial charge < -0.3 is 31.3 Å². The van der Waals surface area contributed by atoms with Gasteiger partial charge in [0.25, 0.3) is 0 Å². The van der Waals surface area contributed by atoms with Crippen LogP contribution in [0.2, 0.25) is 0 Å². The zero-order chi connectivity index (χ0) is 7.15. The van der Waals surface area contributed by atoms with Crippen LogP contribution in [0, 0.1) is 0 Å². The van der Waals surface area contributed by atoms with Crippen LogP contribution in [0.15, 0.2) is 0 Å². The first-order chi connectivity index (χ1) is 3.46. The summed E-state index contributed by atoms with van der Waals surface area (Å²) in [6.07, 6.45) is -3.17. The molecule has 0 aromatic carbocycles. The fourth-order valence-electron chi connectivity index (χ4n) is 0. The standard InChI is InChI=1S/2CH3NO2.2Li/c2*2-1(3)4;;/h2*2H2,(H,3,4);;/q;;2*+1/p-2. The van der Waals surface area contributed by atoms with Crippen molar-refractivity contribution in [1.82, 2.24) is 0 Å². The Morgan fingerprint density at radius 2 is 0.900 bits per heavy atom. The van der Waals surface area contributed by atoms with E-state index in [0.29, 0.717) is 0 Å². The molecule has 0 aromatic rings. The van der Waals surface area contributed by atoms with Crippen LogP contribution >= 0.6 is 0 Å². The van der Waals surface area contributed by atoms with Gasteiger partial charge in [0.1, 0.15) is 12.2 Å². The summed E-state index contributed by atoms with van der Waals surface area (Å²) in [5, 5.41) is 17.3. The van der Waals surface area contributed by atoms with Gasteiger partial charge >= 0.3 is 37.7 Å². The Kier molecular flexibility index (Phi) is 35.9. The van der Waals surface area contributed by atoms with Gasteiger partial charge in [-0.2, -0.15) is 0 Å². The van der Waals surface area contributed by atoms with Gasteiger partial charge in [0.2, 0.25) is 0 Å². The summed E-state index contributed by atoms with van der Waals surface area (Å²) in [5.41, 5.74) is 7.83. The second-order valence-electron chi connectivity index (χ2n) is 0.638. The summed E-state index contributed by atoms with van der Waals surface area (Å²) >= 11 is 0. The molecule has 0 rings (SSSR count). The number of carbonyl (C=O) groups excluding carboxylic acids is 2. The molecule has 0 radical (unpaired) electrons. The van der Waals surface area contributed by atoms with Crippen LogP contribution in [0.1, 0.15) is 0 Å². The molecule has 0 aromatic heterocycles. The fraction of sp³-hybridized carbons (Fsp3) is 0. The van der Waals surface area contributed by atoms with E-state index in [9.17, 15) is 0 Å². The van der Waals surface area contributed by atoms with E-state index in [4.69, 9.17) is 19.8 Å². The molecule has 6 nitrogen and oxygen atoms in total. The predicted octanol–water partition coefficient (Wildman–Crippen LogP) is -9.42. The smallest absolute Gasteiger partial charge is 0.530 e. The van der Waals surface area contributed by atoms with Gasteiger partial charge in [-0.05, 0) is 0 Å². The number of amides is 2. The van der Waals surface area contributed by atoms with Gasteiger partial charge in [-0.1, -0.05) is 0 Å². The minimum atomic E-state index is -1.58. The molecular weight excluding hydrogens is 130 g/mol. The third kappa shape index (κ3) is 4990. The molecule has 4 N–H and O–H groups in total. The van der Waals surface area contributed by atoms with Gasteiger partial charge in [0.15, 0.2) is 0 Å². The minimum Gasteiger partial charge on any atom is -0.530 e. The molecule has 10 heavy (non-hydrogen) atoms. The summed E-state index contributed by atoms with van der Waals surface area (Å²) in [6, 6.07) is 0. The zero-order valence-electron chi connectivity index (χ0n) is 5.79. The van der Waals surface area contributed by atoms with E-state index in [1.807, 2.05) is 0 Å². The Morgan fingerprint density at radius 1 is 0.900 bits per heavy atom. The summed E-state index contributed by atoms with van der Waals surface area (Å²) in [7, 11) is 0. The molecule has 0 spiro atoms. The third-order valence-corrected chi connectivity index (χ3v) is 0. The molecule has 0 heterocycles. The molecule has 2 amide bonds. The van der Waals surface area contributed by atoms with Crippen molar-refractivity contribution in [2.45, 2.75) is 0 Å². The van der Waals surface area contributed by atoms with Crippen molar-refractivity contribution in [3.05, 3.63) is 0 Å². The van der Waals surface area contributed by atoms with Gasteiger partial charge in [0.05, 0.1) is 0 Å². The molecule has 0 aliphatic rings. The van der Waals surface area contributed by atoms with E-state index in [2.05, 4.69) is 11.5 Å². The third-order valence-electron chi connectivity index (χ3n) is 0. The number of rotatable bonds is 0. The normalized spacial score (nSPS) is 4.80. The average Bonchev–Trinajstić information content (AvgIpc) is 1.25. The van der Waals surface area contributed by atoms with E-state index in [1.165, 1.54) is 0 Å². The Labute approximate surface area is 81.3 Å². The first-order valence-corrected chi connectivity index (χ1v) is 1.39. The van der Waals surface area contributed by atoms with Crippen LogP contribution in [0.3, 0.4) is 0 Å². The van der Waals surface area contributed by atoms with E-state index in [1.54, 1.807) is 0 Å². The van der Waals surface area contributed by atoms with Crippen LogP contribution in [-0.2, 0) is 0 Å². The molecule has 0 unspecified atom stereocenters.